The molecular formula is C21H24N2OS3. The molecule has 1 aliphatic heterocycles. The molecular weight excluding hydrogens is 392 g/mol. The molecule has 0 spiro atoms. The third kappa shape index (κ3) is 3.90. The topological polar surface area (TPSA) is 32.3 Å². The summed E-state index contributed by atoms with van der Waals surface area (Å²) in [6, 6.07) is 6.27. The standard InChI is InChI=1S/C21H24N2OS3/c1-14-15(2)27-21(22-20(24)17-7-6-11-26-17)18(14)19(16-8-12-25-13-16)23-9-4-3-5-10-23/h6-8,11-13,19H,3-5,9-10H2,1-2H3,(H,22,24)/t19-/m1/s1. The molecule has 1 aliphatic rings. The zero-order valence-corrected chi connectivity index (χ0v) is 18.1. The average molecular weight is 417 g/mol. The molecule has 4 heterocycles. The van der Waals surface area contributed by atoms with Crippen molar-refractivity contribution in [3.63, 3.8) is 0 Å². The molecule has 27 heavy (non-hydrogen) atoms. The molecule has 0 saturated carbocycles. The van der Waals surface area contributed by atoms with E-state index in [0.717, 1.165) is 23.0 Å². The molecule has 0 aromatic carbocycles. The van der Waals surface area contributed by atoms with Crippen molar-refractivity contribution >= 4 is 44.9 Å². The van der Waals surface area contributed by atoms with Crippen molar-refractivity contribution in [2.45, 2.75) is 39.2 Å². The predicted octanol–water partition coefficient (Wildman–Crippen LogP) is 6.32. The summed E-state index contributed by atoms with van der Waals surface area (Å²) in [6.45, 7) is 6.59. The van der Waals surface area contributed by atoms with E-state index in [0.29, 0.717) is 0 Å². The van der Waals surface area contributed by atoms with Crippen LogP contribution in [0.25, 0.3) is 0 Å². The van der Waals surface area contributed by atoms with Crippen LogP contribution in [0.4, 0.5) is 5.00 Å². The van der Waals surface area contributed by atoms with E-state index in [1.54, 1.807) is 22.7 Å². The minimum Gasteiger partial charge on any atom is -0.313 e. The van der Waals surface area contributed by atoms with Crippen LogP contribution >= 0.6 is 34.0 Å². The van der Waals surface area contributed by atoms with Gasteiger partial charge in [0.05, 0.1) is 10.9 Å². The van der Waals surface area contributed by atoms with Crippen LogP contribution in [0.15, 0.2) is 34.3 Å². The average Bonchev–Trinajstić information content (AvgIpc) is 3.42. The molecule has 6 heteroatoms. The van der Waals surface area contributed by atoms with E-state index in [1.165, 1.54) is 52.2 Å². The highest BCUT2D eigenvalue weighted by atomic mass is 32.1. The van der Waals surface area contributed by atoms with E-state index < -0.39 is 0 Å². The van der Waals surface area contributed by atoms with Gasteiger partial charge in [0.25, 0.3) is 5.91 Å². The lowest BCUT2D eigenvalue weighted by atomic mass is 9.95. The van der Waals surface area contributed by atoms with Gasteiger partial charge >= 0.3 is 0 Å². The molecule has 0 radical (unpaired) electrons. The Morgan fingerprint density at radius 3 is 2.63 bits per heavy atom. The van der Waals surface area contributed by atoms with Crippen molar-refractivity contribution in [1.29, 1.82) is 0 Å². The van der Waals surface area contributed by atoms with E-state index in [-0.39, 0.29) is 11.9 Å². The van der Waals surface area contributed by atoms with Gasteiger partial charge in [-0.1, -0.05) is 12.5 Å². The first-order valence-corrected chi connectivity index (χ1v) is 12.0. The van der Waals surface area contributed by atoms with Crippen LogP contribution in [0.5, 0.6) is 0 Å². The molecule has 1 saturated heterocycles. The van der Waals surface area contributed by atoms with Crippen molar-refractivity contribution in [3.05, 3.63) is 60.8 Å². The third-order valence-corrected chi connectivity index (χ3v) is 8.00. The summed E-state index contributed by atoms with van der Waals surface area (Å²) >= 11 is 4.94. The van der Waals surface area contributed by atoms with Gasteiger partial charge in [0, 0.05) is 10.4 Å². The second kappa shape index (κ2) is 8.27. The van der Waals surface area contributed by atoms with Gasteiger partial charge in [-0.2, -0.15) is 11.3 Å². The number of aryl methyl sites for hydroxylation is 1. The first-order chi connectivity index (χ1) is 13.1. The summed E-state index contributed by atoms with van der Waals surface area (Å²) in [5, 5.41) is 10.6. The van der Waals surface area contributed by atoms with Gasteiger partial charge in [0.1, 0.15) is 5.00 Å². The molecule has 0 bridgehead atoms. The van der Waals surface area contributed by atoms with Crippen LogP contribution in [-0.2, 0) is 0 Å². The highest BCUT2D eigenvalue weighted by molar-refractivity contribution is 7.17. The molecule has 3 aromatic heterocycles. The summed E-state index contributed by atoms with van der Waals surface area (Å²) in [7, 11) is 0. The van der Waals surface area contributed by atoms with Crippen molar-refractivity contribution in [3.8, 4) is 0 Å². The highest BCUT2D eigenvalue weighted by Crippen LogP contribution is 2.43. The number of nitrogens with zero attached hydrogens (tertiary/aromatic N) is 1. The number of anilines is 1. The molecule has 0 unspecified atom stereocenters. The summed E-state index contributed by atoms with van der Waals surface area (Å²) in [6.07, 6.45) is 3.82. The van der Waals surface area contributed by atoms with Crippen LogP contribution in [0, 0.1) is 13.8 Å². The van der Waals surface area contributed by atoms with Gasteiger partial charge in [0.15, 0.2) is 0 Å². The van der Waals surface area contributed by atoms with Crippen molar-refractivity contribution in [2.75, 3.05) is 18.4 Å². The maximum atomic E-state index is 12.7. The van der Waals surface area contributed by atoms with Crippen molar-refractivity contribution in [1.82, 2.24) is 4.90 Å². The molecule has 142 valence electrons. The molecule has 1 amide bonds. The summed E-state index contributed by atoms with van der Waals surface area (Å²) < 4.78 is 0. The number of rotatable bonds is 5. The SMILES string of the molecule is Cc1sc(NC(=O)c2cccs2)c([C@@H](c2ccsc2)N2CCCCC2)c1C. The first kappa shape index (κ1) is 18.9. The number of amides is 1. The van der Waals surface area contributed by atoms with Gasteiger partial charge in [-0.15, -0.1) is 22.7 Å². The van der Waals surface area contributed by atoms with Crippen LogP contribution in [0.2, 0.25) is 0 Å². The summed E-state index contributed by atoms with van der Waals surface area (Å²) in [5.74, 6) is -0.00443. The second-order valence-electron chi connectivity index (χ2n) is 7.01. The van der Waals surface area contributed by atoms with Crippen LogP contribution in [-0.4, -0.2) is 23.9 Å². The minimum atomic E-state index is -0.00443. The quantitative estimate of drug-likeness (QED) is 0.528. The Bertz CT molecular complexity index is 890. The Balaban J connectivity index is 1.74. The fourth-order valence-electron chi connectivity index (χ4n) is 3.81. The number of carbonyl (C=O) groups excluding carboxylic acids is 1. The van der Waals surface area contributed by atoms with Gasteiger partial charge in [-0.25, -0.2) is 0 Å². The Morgan fingerprint density at radius 1 is 1.15 bits per heavy atom. The van der Waals surface area contributed by atoms with Gasteiger partial charge in [-0.05, 0) is 79.2 Å². The van der Waals surface area contributed by atoms with Crippen molar-refractivity contribution < 1.29 is 4.79 Å². The third-order valence-electron chi connectivity index (χ3n) is 5.29. The minimum absolute atomic E-state index is 0.00443. The van der Waals surface area contributed by atoms with Crippen LogP contribution in [0.1, 0.15) is 56.5 Å². The molecule has 0 aliphatic carbocycles. The number of carbonyl (C=O) groups is 1. The second-order valence-corrected chi connectivity index (χ2v) is 9.97. The normalized spacial score (nSPS) is 16.4. The zero-order valence-electron chi connectivity index (χ0n) is 15.7. The van der Waals surface area contributed by atoms with E-state index >= 15 is 0 Å². The highest BCUT2D eigenvalue weighted by Gasteiger charge is 2.30. The Labute approximate surface area is 172 Å². The fraction of sp³-hybridized carbons (Fsp3) is 0.381. The number of likely N-dealkylation sites (tertiary alicyclic amines) is 1. The molecule has 1 fully saturated rings. The number of thiophene rings is 3. The van der Waals surface area contributed by atoms with Gasteiger partial charge in [-0.3, -0.25) is 9.69 Å². The molecule has 1 N–H and O–H groups in total. The number of hydrogen-bond donors (Lipinski definition) is 1. The summed E-state index contributed by atoms with van der Waals surface area (Å²) in [5.41, 5.74) is 3.93. The van der Waals surface area contributed by atoms with Gasteiger partial charge in [0.2, 0.25) is 0 Å². The van der Waals surface area contributed by atoms with Crippen LogP contribution in [0.3, 0.4) is 0 Å². The molecule has 4 rings (SSSR count). The van der Waals surface area contributed by atoms with Crippen LogP contribution < -0.4 is 5.32 Å². The lowest BCUT2D eigenvalue weighted by Gasteiger charge is -2.35. The number of nitrogens with one attached hydrogen (secondary N) is 1. The Kier molecular flexibility index (Phi) is 5.78. The lowest BCUT2D eigenvalue weighted by Crippen LogP contribution is -2.34. The maximum Gasteiger partial charge on any atom is 0.266 e. The van der Waals surface area contributed by atoms with Crippen molar-refractivity contribution in [2.24, 2.45) is 0 Å². The van der Waals surface area contributed by atoms with E-state index in [4.69, 9.17) is 0 Å². The smallest absolute Gasteiger partial charge is 0.266 e. The fourth-order valence-corrected chi connectivity index (χ4v) is 6.19. The number of hydrogen-bond acceptors (Lipinski definition) is 5. The summed E-state index contributed by atoms with van der Waals surface area (Å²) in [4.78, 5) is 17.4. The van der Waals surface area contributed by atoms with Gasteiger partial charge < -0.3 is 5.32 Å². The molecule has 3 nitrogen and oxygen atoms in total. The first-order valence-electron chi connectivity index (χ1n) is 9.36. The van der Waals surface area contributed by atoms with E-state index in [9.17, 15) is 4.79 Å². The van der Waals surface area contributed by atoms with E-state index in [2.05, 4.69) is 40.9 Å². The Hall–Kier alpha value is -1.47. The Morgan fingerprint density at radius 2 is 1.96 bits per heavy atom. The molecule has 3 aromatic rings. The predicted molar refractivity (Wildman–Crippen MR) is 118 cm³/mol. The largest absolute Gasteiger partial charge is 0.313 e. The zero-order chi connectivity index (χ0) is 18.8. The lowest BCUT2D eigenvalue weighted by molar-refractivity contribution is 0.103. The number of piperidine rings is 1. The van der Waals surface area contributed by atoms with E-state index in [1.807, 2.05) is 17.5 Å². The monoisotopic (exact) mass is 416 g/mol. The maximum absolute atomic E-state index is 12.7. The molecule has 1 atom stereocenters.